The standard InChI is InChI=1S/C25H27ClN2O/c1-4-5-6-7-9-12-17-28-18-13-10-8-11-16-27-25(28)29-22(3)20-23-15-14-21(2)19-24(23)26/h1,5-11,13-16,18-19,22H,12,17,20H2,2-3H3/b6-5-,9-7-,10-8?,16-11?,18-13?,27-25?. The summed E-state index contributed by atoms with van der Waals surface area (Å²) < 4.78 is 8.20. The van der Waals surface area contributed by atoms with Crippen LogP contribution in [0.1, 0.15) is 24.5 Å². The molecule has 150 valence electrons. The van der Waals surface area contributed by atoms with Crippen molar-refractivity contribution in [2.45, 2.75) is 39.3 Å². The van der Waals surface area contributed by atoms with Gasteiger partial charge in [-0.25, -0.2) is 4.98 Å². The fraction of sp³-hybridized carbons (Fsp3) is 0.240. The third-order valence-electron chi connectivity index (χ3n) is 4.11. The average molecular weight is 407 g/mol. The topological polar surface area (TPSA) is 27.1 Å². The lowest BCUT2D eigenvalue weighted by Crippen LogP contribution is -2.19. The lowest BCUT2D eigenvalue weighted by Gasteiger charge is -2.17. The van der Waals surface area contributed by atoms with Gasteiger partial charge in [0.15, 0.2) is 0 Å². The summed E-state index contributed by atoms with van der Waals surface area (Å²) in [6, 6.07) is 14.4. The molecule has 2 rings (SSSR count). The van der Waals surface area contributed by atoms with Gasteiger partial charge in [-0.2, -0.15) is 0 Å². The van der Waals surface area contributed by atoms with Gasteiger partial charge in [-0.15, -0.1) is 6.42 Å². The molecular formula is C25H27ClN2O. The van der Waals surface area contributed by atoms with Crippen molar-refractivity contribution in [3.05, 3.63) is 95.3 Å². The Bertz CT molecular complexity index is 936. The van der Waals surface area contributed by atoms with Crippen molar-refractivity contribution in [1.29, 1.82) is 0 Å². The number of aryl methyl sites for hydroxylation is 2. The summed E-state index contributed by atoms with van der Waals surface area (Å²) in [5.74, 6) is 2.47. The van der Waals surface area contributed by atoms with Crippen LogP contribution >= 0.6 is 11.6 Å². The average Bonchev–Trinajstić information content (AvgIpc) is 2.79. The van der Waals surface area contributed by atoms with Gasteiger partial charge in [-0.05, 0) is 55.7 Å². The SMILES string of the molecule is C#C/C=C\C=C/CCn1ccccccnc1OC(C)Cc1ccc(C)cc1Cl. The number of hydrogen-bond donors (Lipinski definition) is 0. The zero-order valence-electron chi connectivity index (χ0n) is 17.0. The zero-order valence-corrected chi connectivity index (χ0v) is 17.7. The van der Waals surface area contributed by atoms with E-state index in [2.05, 4.69) is 29.1 Å². The van der Waals surface area contributed by atoms with Gasteiger partial charge in [0, 0.05) is 30.4 Å². The number of nitrogens with zero attached hydrogens (tertiary/aromatic N) is 2. The van der Waals surface area contributed by atoms with E-state index in [0.717, 1.165) is 29.1 Å². The van der Waals surface area contributed by atoms with E-state index in [1.54, 1.807) is 12.3 Å². The molecule has 0 N–H and O–H groups in total. The Morgan fingerprint density at radius 3 is 2.86 bits per heavy atom. The molecule has 0 aliphatic rings. The summed E-state index contributed by atoms with van der Waals surface area (Å²) in [6.45, 7) is 4.79. The Balaban J connectivity index is 2.16. The van der Waals surface area contributed by atoms with E-state index in [0.29, 0.717) is 12.4 Å². The zero-order chi connectivity index (χ0) is 20.9. The molecule has 1 atom stereocenters. The summed E-state index contributed by atoms with van der Waals surface area (Å²) >= 11 is 6.38. The Labute approximate surface area is 179 Å². The third-order valence-corrected chi connectivity index (χ3v) is 4.47. The second-order valence-electron chi connectivity index (χ2n) is 6.64. The van der Waals surface area contributed by atoms with E-state index >= 15 is 0 Å². The van der Waals surface area contributed by atoms with Gasteiger partial charge < -0.3 is 9.30 Å². The largest absolute Gasteiger partial charge is 0.461 e. The predicted octanol–water partition coefficient (Wildman–Crippen LogP) is 6.12. The minimum Gasteiger partial charge on any atom is -0.461 e. The molecule has 2 aromatic rings. The van der Waals surface area contributed by atoms with E-state index in [9.17, 15) is 0 Å². The Morgan fingerprint density at radius 2 is 2.07 bits per heavy atom. The van der Waals surface area contributed by atoms with Crippen LogP contribution in [0.15, 0.2) is 79.2 Å². The van der Waals surface area contributed by atoms with E-state index in [1.807, 2.05) is 67.1 Å². The number of terminal acetylenes is 1. The molecule has 0 radical (unpaired) electrons. The lowest BCUT2D eigenvalue weighted by atomic mass is 10.1. The van der Waals surface area contributed by atoms with Crippen LogP contribution in [0, 0.1) is 19.3 Å². The van der Waals surface area contributed by atoms with Crippen LogP contribution in [0.25, 0.3) is 0 Å². The van der Waals surface area contributed by atoms with Crippen LogP contribution in [0.2, 0.25) is 5.02 Å². The number of allylic oxidation sites excluding steroid dienone is 4. The highest BCUT2D eigenvalue weighted by Crippen LogP contribution is 2.20. The van der Waals surface area contributed by atoms with Crippen molar-refractivity contribution >= 4 is 11.6 Å². The number of ether oxygens (including phenoxy) is 1. The first-order chi connectivity index (χ1) is 14.1. The molecule has 4 heteroatoms. The normalized spacial score (nSPS) is 11.9. The van der Waals surface area contributed by atoms with Crippen molar-refractivity contribution in [1.82, 2.24) is 9.55 Å². The summed E-state index contributed by atoms with van der Waals surface area (Å²) in [7, 11) is 0. The molecule has 0 aliphatic carbocycles. The second kappa shape index (κ2) is 12.5. The number of hydrogen-bond acceptors (Lipinski definition) is 2. The van der Waals surface area contributed by atoms with Crippen LogP contribution < -0.4 is 4.74 Å². The maximum atomic E-state index is 6.38. The molecule has 1 unspecified atom stereocenters. The Hall–Kier alpha value is -2.96. The first-order valence-corrected chi connectivity index (χ1v) is 10.0. The molecule has 0 saturated carbocycles. The van der Waals surface area contributed by atoms with Gasteiger partial charge in [-0.1, -0.05) is 60.0 Å². The molecule has 0 aliphatic heterocycles. The first-order valence-electron chi connectivity index (χ1n) is 9.64. The summed E-state index contributed by atoms with van der Waals surface area (Å²) in [4.78, 5) is 4.51. The molecule has 29 heavy (non-hydrogen) atoms. The monoisotopic (exact) mass is 406 g/mol. The number of aromatic nitrogens is 2. The van der Waals surface area contributed by atoms with Crippen LogP contribution in [0.4, 0.5) is 0 Å². The van der Waals surface area contributed by atoms with E-state index in [1.165, 1.54) is 0 Å². The van der Waals surface area contributed by atoms with E-state index in [4.69, 9.17) is 22.8 Å². The predicted molar refractivity (Wildman–Crippen MR) is 122 cm³/mol. The highest BCUT2D eigenvalue weighted by molar-refractivity contribution is 6.31. The van der Waals surface area contributed by atoms with Crippen molar-refractivity contribution in [3.63, 3.8) is 0 Å². The highest BCUT2D eigenvalue weighted by atomic mass is 35.5. The molecular weight excluding hydrogens is 380 g/mol. The van der Waals surface area contributed by atoms with Gasteiger partial charge in [0.1, 0.15) is 6.10 Å². The minimum atomic E-state index is -0.0823. The maximum absolute atomic E-state index is 6.38. The van der Waals surface area contributed by atoms with Crippen LogP contribution in [-0.4, -0.2) is 15.7 Å². The maximum Gasteiger partial charge on any atom is 0.296 e. The van der Waals surface area contributed by atoms with Crippen molar-refractivity contribution in [2.24, 2.45) is 0 Å². The Morgan fingerprint density at radius 1 is 1.24 bits per heavy atom. The molecule has 1 aromatic heterocycles. The van der Waals surface area contributed by atoms with E-state index < -0.39 is 0 Å². The molecule has 0 fully saturated rings. The summed E-state index contributed by atoms with van der Waals surface area (Å²) in [5.41, 5.74) is 2.21. The lowest BCUT2D eigenvalue weighted by molar-refractivity contribution is 0.192. The fourth-order valence-electron chi connectivity index (χ4n) is 2.69. The van der Waals surface area contributed by atoms with Gasteiger partial charge in [0.2, 0.25) is 0 Å². The van der Waals surface area contributed by atoms with Crippen LogP contribution in [0.5, 0.6) is 6.01 Å². The number of halogens is 1. The van der Waals surface area contributed by atoms with E-state index in [-0.39, 0.29) is 6.10 Å². The van der Waals surface area contributed by atoms with Gasteiger partial charge >= 0.3 is 0 Å². The Kier molecular flexibility index (Phi) is 9.62. The summed E-state index contributed by atoms with van der Waals surface area (Å²) in [5, 5.41) is 0.767. The molecule has 1 heterocycles. The molecule has 3 nitrogen and oxygen atoms in total. The van der Waals surface area contributed by atoms with Crippen LogP contribution in [-0.2, 0) is 13.0 Å². The second-order valence-corrected chi connectivity index (χ2v) is 7.05. The van der Waals surface area contributed by atoms with Crippen LogP contribution in [0.3, 0.4) is 0 Å². The first kappa shape index (κ1) is 22.3. The molecule has 0 amide bonds. The minimum absolute atomic E-state index is 0.0823. The fourth-order valence-corrected chi connectivity index (χ4v) is 3.01. The number of rotatable bonds is 8. The van der Waals surface area contributed by atoms with Gasteiger partial charge in [0.05, 0.1) is 0 Å². The molecule has 0 spiro atoms. The quantitative estimate of drug-likeness (QED) is 0.390. The van der Waals surface area contributed by atoms with Crippen molar-refractivity contribution in [2.75, 3.05) is 0 Å². The van der Waals surface area contributed by atoms with Crippen molar-refractivity contribution < 1.29 is 4.74 Å². The smallest absolute Gasteiger partial charge is 0.296 e. The summed E-state index contributed by atoms with van der Waals surface area (Å²) in [6.07, 6.45) is 17.9. The van der Waals surface area contributed by atoms with Gasteiger partial charge in [0.25, 0.3) is 6.01 Å². The molecule has 0 bridgehead atoms. The van der Waals surface area contributed by atoms with Crippen molar-refractivity contribution in [3.8, 4) is 18.4 Å². The number of benzene rings is 1. The molecule has 0 saturated heterocycles. The van der Waals surface area contributed by atoms with Gasteiger partial charge in [-0.3, -0.25) is 0 Å². The molecule has 1 aromatic carbocycles. The third kappa shape index (κ3) is 8.29. The highest BCUT2D eigenvalue weighted by Gasteiger charge is 2.11.